The van der Waals surface area contributed by atoms with Crippen LogP contribution in [0.1, 0.15) is 11.1 Å². The fraction of sp³-hybridized carbons (Fsp3) is 0.222. The van der Waals surface area contributed by atoms with E-state index in [0.29, 0.717) is 6.54 Å². The molecule has 2 nitrogen and oxygen atoms in total. The Morgan fingerprint density at radius 1 is 1.18 bits per heavy atom. The number of hydroxylamine groups is 1. The molecule has 11 heavy (non-hydrogen) atoms. The van der Waals surface area contributed by atoms with Crippen LogP contribution in [-0.2, 0) is 13.0 Å². The Kier molecular flexibility index (Phi) is 1.39. The number of rotatable bonds is 0. The highest BCUT2D eigenvalue weighted by molar-refractivity contribution is 5.59. The SMILES string of the molecule is [O-][N+]1=CCc2ccccc2C1. The van der Waals surface area contributed by atoms with Gasteiger partial charge in [-0.2, -0.15) is 0 Å². The van der Waals surface area contributed by atoms with Gasteiger partial charge in [0.05, 0.1) is 6.42 Å². The Morgan fingerprint density at radius 3 is 2.73 bits per heavy atom. The van der Waals surface area contributed by atoms with E-state index in [2.05, 4.69) is 6.07 Å². The molecule has 0 saturated carbocycles. The number of benzene rings is 1. The molecule has 0 N–H and O–H groups in total. The first-order chi connectivity index (χ1) is 5.36. The Morgan fingerprint density at radius 2 is 1.91 bits per heavy atom. The maximum atomic E-state index is 10.9. The molecule has 2 rings (SSSR count). The third kappa shape index (κ3) is 1.11. The summed E-state index contributed by atoms with van der Waals surface area (Å²) in [6.07, 6.45) is 2.46. The van der Waals surface area contributed by atoms with Crippen molar-refractivity contribution in [2.45, 2.75) is 13.0 Å². The predicted molar refractivity (Wildman–Crippen MR) is 43.5 cm³/mol. The van der Waals surface area contributed by atoms with Gasteiger partial charge in [0.1, 0.15) is 0 Å². The molecule has 0 bridgehead atoms. The molecule has 1 aromatic carbocycles. The minimum absolute atomic E-state index is 0.510. The van der Waals surface area contributed by atoms with Crippen molar-refractivity contribution in [3.8, 4) is 0 Å². The highest BCUT2D eigenvalue weighted by Crippen LogP contribution is 2.12. The van der Waals surface area contributed by atoms with Crippen LogP contribution in [-0.4, -0.2) is 11.0 Å². The molecule has 1 aromatic rings. The van der Waals surface area contributed by atoms with E-state index in [1.165, 1.54) is 5.56 Å². The molecule has 0 aliphatic carbocycles. The van der Waals surface area contributed by atoms with Crippen LogP contribution in [0.5, 0.6) is 0 Å². The van der Waals surface area contributed by atoms with E-state index in [9.17, 15) is 5.21 Å². The molecular weight excluding hydrogens is 138 g/mol. The third-order valence-electron chi connectivity index (χ3n) is 1.96. The summed E-state index contributed by atoms with van der Waals surface area (Å²) in [6.45, 7) is 0.510. The van der Waals surface area contributed by atoms with Crippen LogP contribution in [0.25, 0.3) is 0 Å². The molecule has 1 aliphatic rings. The van der Waals surface area contributed by atoms with Crippen LogP contribution in [0.15, 0.2) is 24.3 Å². The van der Waals surface area contributed by atoms with Crippen LogP contribution in [0.4, 0.5) is 0 Å². The van der Waals surface area contributed by atoms with Crippen molar-refractivity contribution in [1.82, 2.24) is 0 Å². The lowest BCUT2D eigenvalue weighted by Gasteiger charge is -2.12. The molecule has 2 heteroatoms. The van der Waals surface area contributed by atoms with Gasteiger partial charge in [-0.05, 0) is 5.56 Å². The van der Waals surface area contributed by atoms with Crippen molar-refractivity contribution < 1.29 is 4.74 Å². The third-order valence-corrected chi connectivity index (χ3v) is 1.96. The molecule has 0 spiro atoms. The van der Waals surface area contributed by atoms with Crippen LogP contribution >= 0.6 is 0 Å². The molecule has 0 unspecified atom stereocenters. The van der Waals surface area contributed by atoms with Gasteiger partial charge in [0, 0.05) is 5.56 Å². The lowest BCUT2D eigenvalue weighted by atomic mass is 10.0. The molecule has 56 valence electrons. The van der Waals surface area contributed by atoms with Crippen LogP contribution in [0.3, 0.4) is 0 Å². The fourth-order valence-electron chi connectivity index (χ4n) is 1.34. The summed E-state index contributed by atoms with van der Waals surface area (Å²) in [6, 6.07) is 8.05. The number of nitrogens with zero attached hydrogens (tertiary/aromatic N) is 1. The molecular formula is C9H9NO. The molecule has 1 aliphatic heterocycles. The number of hydrogen-bond donors (Lipinski definition) is 0. The van der Waals surface area contributed by atoms with Crippen molar-refractivity contribution >= 4 is 6.21 Å². The van der Waals surface area contributed by atoms with E-state index in [1.807, 2.05) is 18.2 Å². The summed E-state index contributed by atoms with van der Waals surface area (Å²) >= 11 is 0. The summed E-state index contributed by atoms with van der Waals surface area (Å²) in [5, 5.41) is 10.9. The predicted octanol–water partition coefficient (Wildman–Crippen LogP) is 1.32. The van der Waals surface area contributed by atoms with E-state index in [1.54, 1.807) is 6.21 Å². The average Bonchev–Trinajstić information content (AvgIpc) is 2.04. The zero-order valence-electron chi connectivity index (χ0n) is 6.16. The van der Waals surface area contributed by atoms with Gasteiger partial charge in [0.2, 0.25) is 0 Å². The molecule has 0 aromatic heterocycles. The van der Waals surface area contributed by atoms with Crippen molar-refractivity contribution in [3.05, 3.63) is 40.6 Å². The lowest BCUT2D eigenvalue weighted by Crippen LogP contribution is -2.14. The molecule has 1 heterocycles. The molecule has 0 radical (unpaired) electrons. The largest absolute Gasteiger partial charge is 0.624 e. The highest BCUT2D eigenvalue weighted by Gasteiger charge is 2.09. The Hall–Kier alpha value is -1.31. The second-order valence-electron chi connectivity index (χ2n) is 2.73. The van der Waals surface area contributed by atoms with Gasteiger partial charge < -0.3 is 5.21 Å². The lowest BCUT2D eigenvalue weighted by molar-refractivity contribution is -0.472. The van der Waals surface area contributed by atoms with Gasteiger partial charge in [0.15, 0.2) is 12.8 Å². The van der Waals surface area contributed by atoms with Crippen LogP contribution in [0.2, 0.25) is 0 Å². The summed E-state index contributed by atoms with van der Waals surface area (Å²) in [5.41, 5.74) is 2.43. The normalized spacial score (nSPS) is 15.5. The van der Waals surface area contributed by atoms with Gasteiger partial charge in [-0.3, -0.25) is 0 Å². The smallest absolute Gasteiger partial charge is 0.178 e. The first kappa shape index (κ1) is 6.40. The van der Waals surface area contributed by atoms with Crippen LogP contribution < -0.4 is 0 Å². The second-order valence-corrected chi connectivity index (χ2v) is 2.73. The van der Waals surface area contributed by atoms with E-state index in [-0.39, 0.29) is 0 Å². The van der Waals surface area contributed by atoms with Crippen molar-refractivity contribution in [1.29, 1.82) is 0 Å². The number of hydrogen-bond acceptors (Lipinski definition) is 1. The van der Waals surface area contributed by atoms with E-state index in [4.69, 9.17) is 0 Å². The first-order valence-corrected chi connectivity index (χ1v) is 3.70. The maximum Gasteiger partial charge on any atom is 0.178 e. The quantitative estimate of drug-likeness (QED) is 0.401. The Balaban J connectivity index is 2.42. The van der Waals surface area contributed by atoms with E-state index in [0.717, 1.165) is 16.7 Å². The van der Waals surface area contributed by atoms with E-state index >= 15 is 0 Å². The molecule has 0 amide bonds. The highest BCUT2D eigenvalue weighted by atomic mass is 16.5. The minimum atomic E-state index is 0.510. The van der Waals surface area contributed by atoms with Crippen LogP contribution in [0, 0.1) is 5.21 Å². The zero-order valence-corrected chi connectivity index (χ0v) is 6.16. The standard InChI is InChI=1S/C9H9NO/c11-10-6-5-8-3-1-2-4-9(8)7-10/h1-4,6H,5,7H2. The van der Waals surface area contributed by atoms with Gasteiger partial charge >= 0.3 is 0 Å². The minimum Gasteiger partial charge on any atom is -0.624 e. The fourth-order valence-corrected chi connectivity index (χ4v) is 1.34. The molecule has 0 fully saturated rings. The number of fused-ring (bicyclic) bond motifs is 1. The summed E-state index contributed by atoms with van der Waals surface area (Å²) < 4.78 is 0.988. The van der Waals surface area contributed by atoms with Crippen molar-refractivity contribution in [3.63, 3.8) is 0 Å². The molecule has 0 saturated heterocycles. The second kappa shape index (κ2) is 2.38. The van der Waals surface area contributed by atoms with Gasteiger partial charge in [-0.25, -0.2) is 4.74 Å². The first-order valence-electron chi connectivity index (χ1n) is 3.70. The monoisotopic (exact) mass is 147 g/mol. The Bertz CT molecular complexity index is 304. The van der Waals surface area contributed by atoms with Crippen molar-refractivity contribution in [2.75, 3.05) is 0 Å². The zero-order chi connectivity index (χ0) is 7.68. The molecule has 0 atom stereocenters. The summed E-state index contributed by atoms with van der Waals surface area (Å²) in [7, 11) is 0. The summed E-state index contributed by atoms with van der Waals surface area (Å²) in [5.74, 6) is 0. The van der Waals surface area contributed by atoms with Crippen molar-refractivity contribution in [2.24, 2.45) is 0 Å². The summed E-state index contributed by atoms with van der Waals surface area (Å²) in [4.78, 5) is 0. The van der Waals surface area contributed by atoms with Gasteiger partial charge in [-0.15, -0.1) is 0 Å². The topological polar surface area (TPSA) is 26.1 Å². The van der Waals surface area contributed by atoms with Gasteiger partial charge in [-0.1, -0.05) is 24.3 Å². The maximum absolute atomic E-state index is 10.9. The van der Waals surface area contributed by atoms with E-state index < -0.39 is 0 Å². The average molecular weight is 147 g/mol. The Labute approximate surface area is 65.4 Å². The van der Waals surface area contributed by atoms with Gasteiger partial charge in [0.25, 0.3) is 0 Å².